The van der Waals surface area contributed by atoms with Gasteiger partial charge in [0.05, 0.1) is 6.61 Å². The maximum atomic E-state index is 12.0. The highest BCUT2D eigenvalue weighted by molar-refractivity contribution is 5.81. The number of carbonyl (C=O) groups is 1. The van der Waals surface area contributed by atoms with Crippen molar-refractivity contribution in [3.8, 4) is 5.75 Å². The first-order valence-electron chi connectivity index (χ1n) is 7.02. The Bertz CT molecular complexity index is 449. The van der Waals surface area contributed by atoms with Crippen LogP contribution in [0.1, 0.15) is 45.0 Å². The molecule has 0 aliphatic carbocycles. The van der Waals surface area contributed by atoms with E-state index in [0.717, 1.165) is 18.5 Å². The molecule has 0 radical (unpaired) electrons. The predicted octanol–water partition coefficient (Wildman–Crippen LogP) is 1.95. The highest BCUT2D eigenvalue weighted by Crippen LogP contribution is 2.18. The fourth-order valence-corrected chi connectivity index (χ4v) is 1.93. The molecule has 0 aliphatic rings. The van der Waals surface area contributed by atoms with E-state index < -0.39 is 6.10 Å². The molecule has 0 spiro atoms. The Morgan fingerprint density at radius 1 is 1.45 bits per heavy atom. The summed E-state index contributed by atoms with van der Waals surface area (Å²) in [7, 11) is 0. The highest BCUT2D eigenvalue weighted by atomic mass is 16.5. The normalized spacial score (nSPS) is 13.7. The van der Waals surface area contributed by atoms with E-state index in [-0.39, 0.29) is 18.6 Å². The van der Waals surface area contributed by atoms with Gasteiger partial charge in [0, 0.05) is 11.7 Å². The quantitative estimate of drug-likeness (QED) is 0.801. The van der Waals surface area contributed by atoms with Gasteiger partial charge in [-0.3, -0.25) is 9.78 Å². The fourth-order valence-electron chi connectivity index (χ4n) is 1.93. The molecule has 1 aromatic heterocycles. The summed E-state index contributed by atoms with van der Waals surface area (Å²) in [5.74, 6) is 0.291. The third kappa shape index (κ3) is 4.81. The van der Waals surface area contributed by atoms with E-state index >= 15 is 0 Å². The molecule has 1 heterocycles. The summed E-state index contributed by atoms with van der Waals surface area (Å²) in [5, 5.41) is 12.2. The van der Waals surface area contributed by atoms with Crippen LogP contribution in [0, 0.1) is 6.92 Å². The van der Waals surface area contributed by atoms with Crippen molar-refractivity contribution < 1.29 is 14.6 Å². The minimum atomic E-state index is -0.621. The number of pyridine rings is 1. The van der Waals surface area contributed by atoms with Gasteiger partial charge in [-0.2, -0.15) is 0 Å². The van der Waals surface area contributed by atoms with Crippen LogP contribution < -0.4 is 10.1 Å². The van der Waals surface area contributed by atoms with Gasteiger partial charge in [-0.25, -0.2) is 0 Å². The number of amides is 1. The van der Waals surface area contributed by atoms with Crippen LogP contribution in [0.15, 0.2) is 12.1 Å². The minimum absolute atomic E-state index is 0.131. The Labute approximate surface area is 120 Å². The monoisotopic (exact) mass is 280 g/mol. The molecule has 5 nitrogen and oxygen atoms in total. The van der Waals surface area contributed by atoms with Gasteiger partial charge in [0.15, 0.2) is 6.10 Å². The summed E-state index contributed by atoms with van der Waals surface area (Å²) in [6.45, 7) is 7.37. The second kappa shape index (κ2) is 7.85. The zero-order valence-electron chi connectivity index (χ0n) is 12.6. The van der Waals surface area contributed by atoms with Crippen LogP contribution in [0.5, 0.6) is 5.75 Å². The Hall–Kier alpha value is -1.62. The lowest BCUT2D eigenvalue weighted by atomic mass is 10.2. The number of ether oxygens (including phenoxy) is 1. The number of nitrogens with one attached hydrogen (secondary N) is 1. The van der Waals surface area contributed by atoms with E-state index in [1.54, 1.807) is 19.1 Å². The lowest BCUT2D eigenvalue weighted by Gasteiger charge is -2.19. The summed E-state index contributed by atoms with van der Waals surface area (Å²) >= 11 is 0. The summed E-state index contributed by atoms with van der Waals surface area (Å²) in [5.41, 5.74) is 1.25. The Morgan fingerprint density at radius 2 is 2.15 bits per heavy atom. The molecule has 112 valence electrons. The molecule has 0 aromatic carbocycles. The van der Waals surface area contributed by atoms with Crippen molar-refractivity contribution >= 4 is 5.91 Å². The van der Waals surface area contributed by atoms with Gasteiger partial charge in [0.2, 0.25) is 0 Å². The summed E-state index contributed by atoms with van der Waals surface area (Å²) in [4.78, 5) is 16.2. The molecule has 0 bridgehead atoms. The van der Waals surface area contributed by atoms with Crippen LogP contribution in [-0.4, -0.2) is 28.1 Å². The maximum Gasteiger partial charge on any atom is 0.260 e. The standard InChI is InChI=1S/C15H24N2O3/c1-5-6-10(2)17-15(19)12(4)20-14-8-7-11(3)16-13(14)9-18/h7-8,10,12,18H,5-6,9H2,1-4H3,(H,17,19). The molecular formula is C15H24N2O3. The number of rotatable bonds is 7. The van der Waals surface area contributed by atoms with Crippen molar-refractivity contribution in [3.63, 3.8) is 0 Å². The van der Waals surface area contributed by atoms with Crippen LogP contribution in [0.2, 0.25) is 0 Å². The number of hydrogen-bond acceptors (Lipinski definition) is 4. The van der Waals surface area contributed by atoms with Crippen LogP contribution >= 0.6 is 0 Å². The van der Waals surface area contributed by atoms with Crippen molar-refractivity contribution in [1.29, 1.82) is 0 Å². The molecule has 0 aliphatic heterocycles. The molecule has 0 fully saturated rings. The summed E-state index contributed by atoms with van der Waals surface area (Å²) < 4.78 is 5.60. The van der Waals surface area contributed by atoms with Gasteiger partial charge in [-0.05, 0) is 39.3 Å². The molecule has 20 heavy (non-hydrogen) atoms. The van der Waals surface area contributed by atoms with E-state index in [1.165, 1.54) is 0 Å². The SMILES string of the molecule is CCCC(C)NC(=O)C(C)Oc1ccc(C)nc1CO. The van der Waals surface area contributed by atoms with Gasteiger partial charge >= 0.3 is 0 Å². The van der Waals surface area contributed by atoms with Crippen LogP contribution in [-0.2, 0) is 11.4 Å². The highest BCUT2D eigenvalue weighted by Gasteiger charge is 2.18. The zero-order chi connectivity index (χ0) is 15.1. The summed E-state index contributed by atoms with van der Waals surface area (Å²) in [6.07, 6.45) is 1.34. The third-order valence-corrected chi connectivity index (χ3v) is 3.00. The molecular weight excluding hydrogens is 256 g/mol. The lowest BCUT2D eigenvalue weighted by Crippen LogP contribution is -2.41. The average molecular weight is 280 g/mol. The van der Waals surface area contributed by atoms with Crippen molar-refractivity contribution in [2.24, 2.45) is 0 Å². The van der Waals surface area contributed by atoms with E-state index in [4.69, 9.17) is 4.74 Å². The van der Waals surface area contributed by atoms with Crippen LogP contribution in [0.4, 0.5) is 0 Å². The number of aliphatic hydroxyl groups is 1. The number of aromatic nitrogens is 1. The Balaban J connectivity index is 2.65. The molecule has 1 aromatic rings. The van der Waals surface area contributed by atoms with E-state index in [0.29, 0.717) is 11.4 Å². The fraction of sp³-hybridized carbons (Fsp3) is 0.600. The molecule has 0 saturated heterocycles. The Morgan fingerprint density at radius 3 is 2.75 bits per heavy atom. The molecule has 5 heteroatoms. The van der Waals surface area contributed by atoms with Crippen molar-refractivity contribution in [1.82, 2.24) is 10.3 Å². The first-order valence-corrected chi connectivity index (χ1v) is 7.02. The van der Waals surface area contributed by atoms with Gasteiger partial charge in [-0.15, -0.1) is 0 Å². The number of carbonyl (C=O) groups excluding carboxylic acids is 1. The van der Waals surface area contributed by atoms with Crippen LogP contribution in [0.3, 0.4) is 0 Å². The first kappa shape index (κ1) is 16.4. The van der Waals surface area contributed by atoms with Crippen molar-refractivity contribution in [2.45, 2.75) is 59.3 Å². The van der Waals surface area contributed by atoms with Crippen LogP contribution in [0.25, 0.3) is 0 Å². The topological polar surface area (TPSA) is 71.5 Å². The third-order valence-electron chi connectivity index (χ3n) is 3.00. The molecule has 0 saturated carbocycles. The second-order valence-corrected chi connectivity index (χ2v) is 5.01. The lowest BCUT2D eigenvalue weighted by molar-refractivity contribution is -0.127. The number of hydrogen-bond donors (Lipinski definition) is 2. The van der Waals surface area contributed by atoms with Gasteiger partial charge in [0.1, 0.15) is 11.4 Å². The van der Waals surface area contributed by atoms with Crippen molar-refractivity contribution in [2.75, 3.05) is 0 Å². The average Bonchev–Trinajstić information content (AvgIpc) is 2.40. The smallest absolute Gasteiger partial charge is 0.260 e. The number of aliphatic hydroxyl groups excluding tert-OH is 1. The van der Waals surface area contributed by atoms with E-state index in [9.17, 15) is 9.90 Å². The largest absolute Gasteiger partial charge is 0.479 e. The molecule has 2 N–H and O–H groups in total. The van der Waals surface area contributed by atoms with E-state index in [2.05, 4.69) is 17.2 Å². The van der Waals surface area contributed by atoms with Crippen molar-refractivity contribution in [3.05, 3.63) is 23.5 Å². The number of aryl methyl sites for hydroxylation is 1. The molecule has 2 atom stereocenters. The molecule has 2 unspecified atom stereocenters. The second-order valence-electron chi connectivity index (χ2n) is 5.01. The Kier molecular flexibility index (Phi) is 6.45. The molecule has 1 rings (SSSR count). The first-order chi connectivity index (χ1) is 9.47. The van der Waals surface area contributed by atoms with Gasteiger partial charge < -0.3 is 15.2 Å². The summed E-state index contributed by atoms with van der Waals surface area (Å²) in [6, 6.07) is 3.65. The maximum absolute atomic E-state index is 12.0. The predicted molar refractivity (Wildman–Crippen MR) is 77.5 cm³/mol. The zero-order valence-corrected chi connectivity index (χ0v) is 12.6. The van der Waals surface area contributed by atoms with E-state index in [1.807, 2.05) is 13.8 Å². The van der Waals surface area contributed by atoms with Gasteiger partial charge in [0.25, 0.3) is 5.91 Å². The number of nitrogens with zero attached hydrogens (tertiary/aromatic N) is 1. The van der Waals surface area contributed by atoms with Gasteiger partial charge in [-0.1, -0.05) is 13.3 Å². The molecule has 1 amide bonds. The minimum Gasteiger partial charge on any atom is -0.479 e.